The second kappa shape index (κ2) is 7.78. The van der Waals surface area contributed by atoms with Crippen molar-refractivity contribution in [2.75, 3.05) is 18.9 Å². The number of hydrogen-bond donors (Lipinski definition) is 3. The first-order valence-corrected chi connectivity index (χ1v) is 8.09. The van der Waals surface area contributed by atoms with Gasteiger partial charge in [-0.2, -0.15) is 0 Å². The SMILES string of the molecule is Nc1cc(Cl)c(F)c(S(=O)(=O)NCCCCCCO)c1. The maximum Gasteiger partial charge on any atom is 0.243 e. The zero-order valence-electron chi connectivity index (χ0n) is 10.9. The summed E-state index contributed by atoms with van der Waals surface area (Å²) in [5.74, 6) is -1.01. The number of halogens is 2. The van der Waals surface area contributed by atoms with E-state index in [0.29, 0.717) is 12.8 Å². The van der Waals surface area contributed by atoms with Crippen LogP contribution in [0.2, 0.25) is 5.02 Å². The van der Waals surface area contributed by atoms with Gasteiger partial charge >= 0.3 is 0 Å². The molecule has 114 valence electrons. The number of aliphatic hydroxyl groups excluding tert-OH is 1. The molecule has 1 aromatic rings. The van der Waals surface area contributed by atoms with Crippen LogP contribution in [0, 0.1) is 5.82 Å². The van der Waals surface area contributed by atoms with Crippen LogP contribution in [0.1, 0.15) is 25.7 Å². The largest absolute Gasteiger partial charge is 0.399 e. The van der Waals surface area contributed by atoms with E-state index in [4.69, 9.17) is 22.4 Å². The topological polar surface area (TPSA) is 92.4 Å². The van der Waals surface area contributed by atoms with Gasteiger partial charge in [0.25, 0.3) is 0 Å². The fraction of sp³-hybridized carbons (Fsp3) is 0.500. The quantitative estimate of drug-likeness (QED) is 0.503. The summed E-state index contributed by atoms with van der Waals surface area (Å²) in [7, 11) is -3.97. The van der Waals surface area contributed by atoms with Crippen LogP contribution < -0.4 is 10.5 Å². The van der Waals surface area contributed by atoms with Gasteiger partial charge in [0, 0.05) is 18.8 Å². The Morgan fingerprint density at radius 1 is 1.25 bits per heavy atom. The molecule has 5 nitrogen and oxygen atoms in total. The lowest BCUT2D eigenvalue weighted by atomic mass is 10.2. The summed E-state index contributed by atoms with van der Waals surface area (Å²) < 4.78 is 39.9. The predicted octanol–water partition coefficient (Wildman–Crippen LogP) is 1.89. The molecule has 0 aliphatic carbocycles. The number of nitrogens with one attached hydrogen (secondary N) is 1. The Morgan fingerprint density at radius 3 is 2.55 bits per heavy atom. The van der Waals surface area contributed by atoms with Crippen LogP contribution in [-0.2, 0) is 10.0 Å². The highest BCUT2D eigenvalue weighted by molar-refractivity contribution is 7.89. The van der Waals surface area contributed by atoms with Crippen molar-refractivity contribution in [2.45, 2.75) is 30.6 Å². The average molecular weight is 325 g/mol. The number of aliphatic hydroxyl groups is 1. The Kier molecular flexibility index (Phi) is 6.67. The van der Waals surface area contributed by atoms with Crippen LogP contribution in [0.15, 0.2) is 17.0 Å². The molecular formula is C12H18ClFN2O3S. The van der Waals surface area contributed by atoms with E-state index in [-0.39, 0.29) is 23.9 Å². The van der Waals surface area contributed by atoms with Crippen molar-refractivity contribution in [3.8, 4) is 0 Å². The number of hydrogen-bond acceptors (Lipinski definition) is 4. The van der Waals surface area contributed by atoms with E-state index in [1.165, 1.54) is 0 Å². The fourth-order valence-electron chi connectivity index (χ4n) is 1.65. The summed E-state index contributed by atoms with van der Waals surface area (Å²) >= 11 is 5.57. The molecule has 0 atom stereocenters. The maximum atomic E-state index is 13.7. The number of nitrogen functional groups attached to an aromatic ring is 1. The molecule has 0 bridgehead atoms. The molecule has 20 heavy (non-hydrogen) atoms. The standard InChI is InChI=1S/C12H18ClFN2O3S/c13-10-7-9(15)8-11(12(10)14)20(18,19)16-5-3-1-2-4-6-17/h7-8,16-17H,1-6,15H2. The third-order valence-electron chi connectivity index (χ3n) is 2.68. The van der Waals surface area contributed by atoms with E-state index < -0.39 is 20.7 Å². The molecule has 0 aromatic heterocycles. The number of anilines is 1. The van der Waals surface area contributed by atoms with E-state index in [2.05, 4.69) is 4.72 Å². The summed E-state index contributed by atoms with van der Waals surface area (Å²) in [5, 5.41) is 8.28. The molecule has 0 aliphatic rings. The second-order valence-electron chi connectivity index (χ2n) is 4.35. The van der Waals surface area contributed by atoms with Gasteiger partial charge in [-0.15, -0.1) is 0 Å². The Hall–Kier alpha value is -0.890. The molecule has 0 saturated heterocycles. The van der Waals surface area contributed by atoms with Crippen LogP contribution in [0.5, 0.6) is 0 Å². The Morgan fingerprint density at radius 2 is 1.90 bits per heavy atom. The number of nitrogens with two attached hydrogens (primary N) is 1. The summed E-state index contributed by atoms with van der Waals surface area (Å²) in [6.07, 6.45) is 2.89. The first-order chi connectivity index (χ1) is 9.38. The summed E-state index contributed by atoms with van der Waals surface area (Å²) in [6.45, 7) is 0.318. The minimum atomic E-state index is -3.97. The van der Waals surface area contributed by atoms with Crippen molar-refractivity contribution in [1.29, 1.82) is 0 Å². The van der Waals surface area contributed by atoms with Gasteiger partial charge in [-0.25, -0.2) is 17.5 Å². The van der Waals surface area contributed by atoms with Gasteiger partial charge < -0.3 is 10.8 Å². The van der Waals surface area contributed by atoms with Crippen molar-refractivity contribution in [3.63, 3.8) is 0 Å². The molecule has 0 amide bonds. The van der Waals surface area contributed by atoms with Gasteiger partial charge in [0.15, 0.2) is 5.82 Å². The van der Waals surface area contributed by atoms with Crippen molar-refractivity contribution in [3.05, 3.63) is 23.0 Å². The third-order valence-corrected chi connectivity index (χ3v) is 4.42. The van der Waals surface area contributed by atoms with Crippen molar-refractivity contribution >= 4 is 27.3 Å². The third kappa shape index (κ3) is 4.90. The van der Waals surface area contributed by atoms with Crippen LogP contribution in [0.3, 0.4) is 0 Å². The summed E-state index contributed by atoms with van der Waals surface area (Å²) in [6, 6.07) is 2.19. The van der Waals surface area contributed by atoms with E-state index in [9.17, 15) is 12.8 Å². The molecule has 0 unspecified atom stereocenters. The number of rotatable bonds is 8. The van der Waals surface area contributed by atoms with Gasteiger partial charge in [0.2, 0.25) is 10.0 Å². The Bertz CT molecular complexity index is 552. The summed E-state index contributed by atoms with van der Waals surface area (Å²) in [4.78, 5) is -0.544. The van der Waals surface area contributed by atoms with Gasteiger partial charge in [-0.3, -0.25) is 0 Å². The second-order valence-corrected chi connectivity index (χ2v) is 6.49. The Labute approximate surface area is 123 Å². The highest BCUT2D eigenvalue weighted by atomic mass is 35.5. The lowest BCUT2D eigenvalue weighted by Gasteiger charge is -2.09. The van der Waals surface area contributed by atoms with Gasteiger partial charge in [-0.05, 0) is 25.0 Å². The maximum absolute atomic E-state index is 13.7. The first-order valence-electron chi connectivity index (χ1n) is 6.23. The highest BCUT2D eigenvalue weighted by Crippen LogP contribution is 2.25. The molecule has 0 aliphatic heterocycles. The molecule has 0 radical (unpaired) electrons. The van der Waals surface area contributed by atoms with Crippen molar-refractivity contribution < 1.29 is 17.9 Å². The predicted molar refractivity (Wildman–Crippen MR) is 76.6 cm³/mol. The minimum absolute atomic E-state index is 0.0831. The van der Waals surface area contributed by atoms with Gasteiger partial charge in [0.05, 0.1) is 5.02 Å². The van der Waals surface area contributed by atoms with E-state index in [1.807, 2.05) is 0 Å². The lowest BCUT2D eigenvalue weighted by Crippen LogP contribution is -2.26. The fourth-order valence-corrected chi connectivity index (χ4v) is 3.14. The molecule has 0 heterocycles. The monoisotopic (exact) mass is 324 g/mol. The zero-order valence-corrected chi connectivity index (χ0v) is 12.5. The smallest absolute Gasteiger partial charge is 0.243 e. The number of sulfonamides is 1. The zero-order chi connectivity index (χ0) is 15.2. The molecule has 1 aromatic carbocycles. The van der Waals surface area contributed by atoms with Crippen molar-refractivity contribution in [2.24, 2.45) is 0 Å². The van der Waals surface area contributed by atoms with Crippen LogP contribution in [0.25, 0.3) is 0 Å². The molecule has 0 fully saturated rings. The van der Waals surface area contributed by atoms with Crippen LogP contribution >= 0.6 is 11.6 Å². The average Bonchev–Trinajstić information content (AvgIpc) is 2.37. The van der Waals surface area contributed by atoms with Crippen molar-refractivity contribution in [1.82, 2.24) is 4.72 Å². The molecule has 0 spiro atoms. The summed E-state index contributed by atoms with van der Waals surface area (Å²) in [5.41, 5.74) is 5.55. The van der Waals surface area contributed by atoms with Crippen LogP contribution in [0.4, 0.5) is 10.1 Å². The molecule has 1 rings (SSSR count). The van der Waals surface area contributed by atoms with Gasteiger partial charge in [0.1, 0.15) is 4.90 Å². The molecular weight excluding hydrogens is 307 g/mol. The lowest BCUT2D eigenvalue weighted by molar-refractivity contribution is 0.282. The van der Waals surface area contributed by atoms with Crippen LogP contribution in [-0.4, -0.2) is 26.7 Å². The van der Waals surface area contributed by atoms with E-state index >= 15 is 0 Å². The Balaban J connectivity index is 2.65. The highest BCUT2D eigenvalue weighted by Gasteiger charge is 2.21. The minimum Gasteiger partial charge on any atom is -0.399 e. The number of unbranched alkanes of at least 4 members (excludes halogenated alkanes) is 3. The van der Waals surface area contributed by atoms with E-state index in [0.717, 1.165) is 25.0 Å². The number of benzene rings is 1. The molecule has 8 heteroatoms. The normalized spacial score (nSPS) is 11.8. The van der Waals surface area contributed by atoms with Gasteiger partial charge in [-0.1, -0.05) is 24.4 Å². The molecule has 4 N–H and O–H groups in total. The first kappa shape index (κ1) is 17.2. The molecule has 0 saturated carbocycles. The van der Waals surface area contributed by atoms with E-state index in [1.54, 1.807) is 0 Å².